The number of hydrogen-bond donors (Lipinski definition) is 2. The minimum Gasteiger partial charge on any atom is -0.317 e. The van der Waals surface area contributed by atoms with E-state index in [1.807, 2.05) is 32.0 Å². The number of hydrogen-bond acceptors (Lipinski definition) is 3. The van der Waals surface area contributed by atoms with Gasteiger partial charge in [-0.15, -0.1) is 0 Å². The number of nitrogens with one attached hydrogen (secondary N) is 2. The van der Waals surface area contributed by atoms with Gasteiger partial charge >= 0.3 is 11.8 Å². The summed E-state index contributed by atoms with van der Waals surface area (Å²) in [4.78, 5) is 27.8. The molecule has 1 aromatic heterocycles. The van der Waals surface area contributed by atoms with E-state index in [2.05, 4.69) is 15.6 Å². The van der Waals surface area contributed by atoms with E-state index in [-0.39, 0.29) is 0 Å². The van der Waals surface area contributed by atoms with Crippen LogP contribution in [0.5, 0.6) is 0 Å². The number of anilines is 2. The van der Waals surface area contributed by atoms with E-state index in [1.54, 1.807) is 24.4 Å². The highest BCUT2D eigenvalue weighted by atomic mass is 16.2. The Labute approximate surface area is 123 Å². The minimum atomic E-state index is -0.737. The number of aromatic nitrogens is 1. The van der Waals surface area contributed by atoms with Crippen molar-refractivity contribution in [3.63, 3.8) is 0 Å². The molecule has 0 aliphatic carbocycles. The van der Waals surface area contributed by atoms with Crippen molar-refractivity contribution in [2.24, 2.45) is 0 Å². The lowest BCUT2D eigenvalue weighted by molar-refractivity contribution is -0.133. The van der Waals surface area contributed by atoms with Crippen molar-refractivity contribution in [2.75, 3.05) is 10.6 Å². The maximum Gasteiger partial charge on any atom is 0.315 e. The molecular formula is C16H17N3O2. The molecular weight excluding hydrogens is 266 g/mol. The SMILES string of the molecule is CCc1cccc(C)c1NC(=O)C(=O)Nc1ccccn1. The molecule has 0 atom stereocenters. The summed E-state index contributed by atoms with van der Waals surface area (Å²) in [6, 6.07) is 10.8. The molecule has 0 unspecified atom stereocenters. The lowest BCUT2D eigenvalue weighted by atomic mass is 10.1. The summed E-state index contributed by atoms with van der Waals surface area (Å²) in [5.41, 5.74) is 2.61. The van der Waals surface area contributed by atoms with Crippen molar-refractivity contribution < 1.29 is 9.59 Å². The standard InChI is InChI=1S/C16H17N3O2/c1-3-12-8-6-7-11(2)14(12)19-16(21)15(20)18-13-9-4-5-10-17-13/h4-10H,3H2,1-2H3,(H,19,21)(H,17,18,20). The van der Waals surface area contributed by atoms with Gasteiger partial charge in [0.25, 0.3) is 0 Å². The maximum atomic E-state index is 12.0. The number of pyridine rings is 1. The van der Waals surface area contributed by atoms with Crippen molar-refractivity contribution in [1.29, 1.82) is 0 Å². The minimum absolute atomic E-state index is 0.346. The first-order valence-electron chi connectivity index (χ1n) is 6.73. The van der Waals surface area contributed by atoms with Crippen LogP contribution in [0, 0.1) is 6.92 Å². The molecule has 1 heterocycles. The second-order valence-electron chi connectivity index (χ2n) is 4.59. The van der Waals surface area contributed by atoms with Crippen LogP contribution in [-0.4, -0.2) is 16.8 Å². The second kappa shape index (κ2) is 6.65. The van der Waals surface area contributed by atoms with Gasteiger partial charge in [0, 0.05) is 11.9 Å². The summed E-state index contributed by atoms with van der Waals surface area (Å²) in [6.45, 7) is 3.89. The van der Waals surface area contributed by atoms with Crippen molar-refractivity contribution in [1.82, 2.24) is 4.98 Å². The van der Waals surface area contributed by atoms with Crippen LogP contribution < -0.4 is 10.6 Å². The van der Waals surface area contributed by atoms with Crippen LogP contribution in [0.2, 0.25) is 0 Å². The Morgan fingerprint density at radius 1 is 1.05 bits per heavy atom. The van der Waals surface area contributed by atoms with E-state index >= 15 is 0 Å². The predicted molar refractivity (Wildman–Crippen MR) is 82.1 cm³/mol. The van der Waals surface area contributed by atoms with Gasteiger partial charge in [-0.05, 0) is 36.6 Å². The Hall–Kier alpha value is -2.69. The fourth-order valence-electron chi connectivity index (χ4n) is 1.98. The molecule has 108 valence electrons. The van der Waals surface area contributed by atoms with Crippen LogP contribution in [0.25, 0.3) is 0 Å². The second-order valence-corrected chi connectivity index (χ2v) is 4.59. The lowest BCUT2D eigenvalue weighted by Crippen LogP contribution is -2.30. The third-order valence-corrected chi connectivity index (χ3v) is 3.09. The number of carbonyl (C=O) groups is 2. The molecule has 0 aliphatic heterocycles. The molecule has 5 heteroatoms. The molecule has 21 heavy (non-hydrogen) atoms. The smallest absolute Gasteiger partial charge is 0.315 e. The van der Waals surface area contributed by atoms with Crippen molar-refractivity contribution in [3.8, 4) is 0 Å². The van der Waals surface area contributed by atoms with Gasteiger partial charge < -0.3 is 10.6 Å². The summed E-state index contributed by atoms with van der Waals surface area (Å²) in [7, 11) is 0. The number of aryl methyl sites for hydroxylation is 2. The van der Waals surface area contributed by atoms with E-state index in [0.29, 0.717) is 11.5 Å². The van der Waals surface area contributed by atoms with E-state index < -0.39 is 11.8 Å². The average Bonchev–Trinajstić information content (AvgIpc) is 2.50. The predicted octanol–water partition coefficient (Wildman–Crippen LogP) is 2.53. The number of nitrogens with zero attached hydrogens (tertiary/aromatic N) is 1. The van der Waals surface area contributed by atoms with E-state index in [9.17, 15) is 9.59 Å². The normalized spacial score (nSPS) is 10.0. The molecule has 2 rings (SSSR count). The van der Waals surface area contributed by atoms with Crippen LogP contribution in [-0.2, 0) is 16.0 Å². The summed E-state index contributed by atoms with van der Waals surface area (Å²) >= 11 is 0. The molecule has 2 amide bonds. The maximum absolute atomic E-state index is 12.0. The van der Waals surface area contributed by atoms with Crippen molar-refractivity contribution in [3.05, 3.63) is 53.7 Å². The molecule has 2 aromatic rings. The first kappa shape index (κ1) is 14.7. The third-order valence-electron chi connectivity index (χ3n) is 3.09. The summed E-state index contributed by atoms with van der Waals surface area (Å²) in [6.07, 6.45) is 2.32. The Morgan fingerprint density at radius 2 is 1.81 bits per heavy atom. The molecule has 1 aromatic carbocycles. The Balaban J connectivity index is 2.10. The molecule has 5 nitrogen and oxygen atoms in total. The first-order valence-corrected chi connectivity index (χ1v) is 6.73. The van der Waals surface area contributed by atoms with E-state index in [0.717, 1.165) is 17.5 Å². The lowest BCUT2D eigenvalue weighted by Gasteiger charge is -2.12. The van der Waals surface area contributed by atoms with Crippen LogP contribution in [0.4, 0.5) is 11.5 Å². The van der Waals surface area contributed by atoms with Gasteiger partial charge in [-0.1, -0.05) is 31.2 Å². The Kier molecular flexibility index (Phi) is 4.66. The number of carbonyl (C=O) groups excluding carboxylic acids is 2. The van der Waals surface area contributed by atoms with Crippen LogP contribution in [0.3, 0.4) is 0 Å². The molecule has 0 saturated carbocycles. The van der Waals surface area contributed by atoms with E-state index in [1.165, 1.54) is 0 Å². The first-order chi connectivity index (χ1) is 10.1. The van der Waals surface area contributed by atoms with Gasteiger partial charge in [-0.3, -0.25) is 9.59 Å². The quantitative estimate of drug-likeness (QED) is 0.850. The molecule has 2 N–H and O–H groups in total. The van der Waals surface area contributed by atoms with Gasteiger partial charge in [-0.2, -0.15) is 0 Å². The van der Waals surface area contributed by atoms with Gasteiger partial charge in [0.2, 0.25) is 0 Å². The van der Waals surface area contributed by atoms with Crippen LogP contribution in [0.15, 0.2) is 42.6 Å². The third kappa shape index (κ3) is 3.66. The summed E-state index contributed by atoms with van der Waals surface area (Å²) in [5, 5.41) is 5.13. The number of para-hydroxylation sites is 1. The summed E-state index contributed by atoms with van der Waals surface area (Å²) in [5.74, 6) is -1.10. The number of benzene rings is 1. The zero-order valence-electron chi connectivity index (χ0n) is 12.0. The molecule has 0 aliphatic rings. The number of amides is 2. The fraction of sp³-hybridized carbons (Fsp3) is 0.188. The van der Waals surface area contributed by atoms with Crippen molar-refractivity contribution >= 4 is 23.3 Å². The van der Waals surface area contributed by atoms with Gasteiger partial charge in [0.05, 0.1) is 0 Å². The van der Waals surface area contributed by atoms with Gasteiger partial charge in [0.1, 0.15) is 5.82 Å². The largest absolute Gasteiger partial charge is 0.317 e. The highest BCUT2D eigenvalue weighted by Gasteiger charge is 2.16. The highest BCUT2D eigenvalue weighted by Crippen LogP contribution is 2.20. The van der Waals surface area contributed by atoms with Crippen LogP contribution >= 0.6 is 0 Å². The average molecular weight is 283 g/mol. The summed E-state index contributed by atoms with van der Waals surface area (Å²) < 4.78 is 0. The van der Waals surface area contributed by atoms with Gasteiger partial charge in [0.15, 0.2) is 0 Å². The molecule has 0 fully saturated rings. The van der Waals surface area contributed by atoms with Crippen molar-refractivity contribution in [2.45, 2.75) is 20.3 Å². The van der Waals surface area contributed by atoms with E-state index in [4.69, 9.17) is 0 Å². The highest BCUT2D eigenvalue weighted by molar-refractivity contribution is 6.43. The molecule has 0 saturated heterocycles. The molecule has 0 bridgehead atoms. The Morgan fingerprint density at radius 3 is 2.48 bits per heavy atom. The topological polar surface area (TPSA) is 71.1 Å². The monoisotopic (exact) mass is 283 g/mol. The van der Waals surface area contributed by atoms with Gasteiger partial charge in [-0.25, -0.2) is 4.98 Å². The fourth-order valence-corrected chi connectivity index (χ4v) is 1.98. The zero-order chi connectivity index (χ0) is 15.2. The molecule has 0 spiro atoms. The molecule has 0 radical (unpaired) electrons. The van der Waals surface area contributed by atoms with Crippen LogP contribution in [0.1, 0.15) is 18.1 Å². The zero-order valence-corrected chi connectivity index (χ0v) is 12.0. The number of rotatable bonds is 3. The Bertz CT molecular complexity index is 654.